The molecule has 0 spiro atoms. The maximum atomic E-state index is 4.56. The van der Waals surface area contributed by atoms with Crippen LogP contribution in [0, 0.1) is 6.92 Å². The molecule has 122 valence electrons. The minimum absolute atomic E-state index is 0.138. The Bertz CT molecular complexity index is 774. The number of nitrogens with zero attached hydrogens (tertiary/aromatic N) is 3. The van der Waals surface area contributed by atoms with E-state index >= 15 is 0 Å². The van der Waals surface area contributed by atoms with Crippen molar-refractivity contribution in [3.63, 3.8) is 0 Å². The fourth-order valence-corrected chi connectivity index (χ4v) is 2.44. The lowest BCUT2D eigenvalue weighted by molar-refractivity contribution is 0.856. The molecule has 0 saturated heterocycles. The molecule has 2 N–H and O–H groups in total. The number of aromatic nitrogens is 3. The van der Waals surface area contributed by atoms with Gasteiger partial charge in [0.2, 0.25) is 5.95 Å². The SMILES string of the molecule is Cc1cc(NCc2cccnc2)nc(NC(C)c2ccccc2)n1. The lowest BCUT2D eigenvalue weighted by atomic mass is 10.1. The van der Waals surface area contributed by atoms with E-state index < -0.39 is 0 Å². The van der Waals surface area contributed by atoms with Crippen LogP contribution in [0.25, 0.3) is 0 Å². The van der Waals surface area contributed by atoms with Crippen molar-refractivity contribution in [2.24, 2.45) is 0 Å². The Labute approximate surface area is 142 Å². The second-order valence-corrected chi connectivity index (χ2v) is 5.71. The van der Waals surface area contributed by atoms with Crippen molar-refractivity contribution < 1.29 is 0 Å². The molecule has 0 aliphatic rings. The van der Waals surface area contributed by atoms with Crippen LogP contribution in [0.1, 0.15) is 29.8 Å². The molecule has 0 saturated carbocycles. The van der Waals surface area contributed by atoms with Crippen LogP contribution in [-0.4, -0.2) is 15.0 Å². The normalized spacial score (nSPS) is 11.8. The molecule has 3 aromatic rings. The van der Waals surface area contributed by atoms with Gasteiger partial charge in [0.1, 0.15) is 5.82 Å². The Balaban J connectivity index is 1.69. The molecule has 0 aliphatic heterocycles. The van der Waals surface area contributed by atoms with Gasteiger partial charge in [-0.15, -0.1) is 0 Å². The zero-order valence-corrected chi connectivity index (χ0v) is 13.9. The molecule has 0 aliphatic carbocycles. The number of rotatable bonds is 6. The highest BCUT2D eigenvalue weighted by molar-refractivity contribution is 5.43. The summed E-state index contributed by atoms with van der Waals surface area (Å²) in [5, 5.41) is 6.69. The maximum absolute atomic E-state index is 4.56. The van der Waals surface area contributed by atoms with Crippen molar-refractivity contribution >= 4 is 11.8 Å². The van der Waals surface area contributed by atoms with E-state index in [1.165, 1.54) is 5.56 Å². The van der Waals surface area contributed by atoms with Crippen molar-refractivity contribution in [1.82, 2.24) is 15.0 Å². The number of nitrogens with one attached hydrogen (secondary N) is 2. The predicted octanol–water partition coefficient (Wildman–Crippen LogP) is 3.97. The largest absolute Gasteiger partial charge is 0.366 e. The van der Waals surface area contributed by atoms with E-state index in [2.05, 4.69) is 44.6 Å². The average Bonchev–Trinajstić information content (AvgIpc) is 2.61. The summed E-state index contributed by atoms with van der Waals surface area (Å²) in [5.41, 5.74) is 3.23. The molecule has 0 fully saturated rings. The van der Waals surface area contributed by atoms with Gasteiger partial charge in [-0.05, 0) is 31.0 Å². The summed E-state index contributed by atoms with van der Waals surface area (Å²) in [7, 11) is 0. The number of hydrogen-bond donors (Lipinski definition) is 2. The van der Waals surface area contributed by atoms with Crippen molar-refractivity contribution in [1.29, 1.82) is 0 Å². The van der Waals surface area contributed by atoms with Crippen molar-refractivity contribution in [2.75, 3.05) is 10.6 Å². The highest BCUT2D eigenvalue weighted by Crippen LogP contribution is 2.18. The zero-order valence-electron chi connectivity index (χ0n) is 13.9. The molecule has 1 atom stereocenters. The van der Waals surface area contributed by atoms with Gasteiger partial charge in [0, 0.05) is 30.7 Å². The highest BCUT2D eigenvalue weighted by atomic mass is 15.2. The van der Waals surface area contributed by atoms with Gasteiger partial charge in [-0.2, -0.15) is 4.98 Å². The maximum Gasteiger partial charge on any atom is 0.225 e. The first-order valence-corrected chi connectivity index (χ1v) is 8.00. The molecule has 5 nitrogen and oxygen atoms in total. The summed E-state index contributed by atoms with van der Waals surface area (Å²) in [6.07, 6.45) is 3.61. The Morgan fingerprint density at radius 1 is 1.04 bits per heavy atom. The van der Waals surface area contributed by atoms with Crippen molar-refractivity contribution in [3.8, 4) is 0 Å². The summed E-state index contributed by atoms with van der Waals surface area (Å²) < 4.78 is 0. The van der Waals surface area contributed by atoms with Gasteiger partial charge in [0.05, 0.1) is 6.04 Å². The Morgan fingerprint density at radius 2 is 1.88 bits per heavy atom. The third-order valence-corrected chi connectivity index (χ3v) is 3.70. The van der Waals surface area contributed by atoms with E-state index in [9.17, 15) is 0 Å². The third kappa shape index (κ3) is 4.29. The highest BCUT2D eigenvalue weighted by Gasteiger charge is 2.08. The van der Waals surface area contributed by atoms with E-state index in [1.807, 2.05) is 49.5 Å². The first kappa shape index (κ1) is 15.9. The van der Waals surface area contributed by atoms with Crippen LogP contribution < -0.4 is 10.6 Å². The van der Waals surface area contributed by atoms with Crippen LogP contribution in [0.2, 0.25) is 0 Å². The monoisotopic (exact) mass is 319 g/mol. The number of benzene rings is 1. The van der Waals surface area contributed by atoms with Crippen LogP contribution in [0.15, 0.2) is 60.9 Å². The van der Waals surface area contributed by atoms with Gasteiger partial charge < -0.3 is 10.6 Å². The smallest absolute Gasteiger partial charge is 0.225 e. The molecule has 0 radical (unpaired) electrons. The molecule has 2 aromatic heterocycles. The van der Waals surface area contributed by atoms with Gasteiger partial charge in [-0.25, -0.2) is 4.98 Å². The molecular weight excluding hydrogens is 298 g/mol. The van der Waals surface area contributed by atoms with Gasteiger partial charge in [-0.3, -0.25) is 4.98 Å². The minimum atomic E-state index is 0.138. The molecule has 3 rings (SSSR count). The van der Waals surface area contributed by atoms with E-state index in [1.54, 1.807) is 6.20 Å². The number of pyridine rings is 1. The average molecular weight is 319 g/mol. The summed E-state index contributed by atoms with van der Waals surface area (Å²) in [6, 6.07) is 16.3. The van der Waals surface area contributed by atoms with E-state index in [0.29, 0.717) is 12.5 Å². The first-order valence-electron chi connectivity index (χ1n) is 8.00. The summed E-state index contributed by atoms with van der Waals surface area (Å²) >= 11 is 0. The van der Waals surface area contributed by atoms with Gasteiger partial charge in [-0.1, -0.05) is 36.4 Å². The third-order valence-electron chi connectivity index (χ3n) is 3.70. The molecule has 1 unspecified atom stereocenters. The van der Waals surface area contributed by atoms with E-state index in [-0.39, 0.29) is 6.04 Å². The van der Waals surface area contributed by atoms with Gasteiger partial charge >= 0.3 is 0 Å². The van der Waals surface area contributed by atoms with Gasteiger partial charge in [0.15, 0.2) is 0 Å². The fraction of sp³-hybridized carbons (Fsp3) is 0.211. The van der Waals surface area contributed by atoms with E-state index in [4.69, 9.17) is 0 Å². The lowest BCUT2D eigenvalue weighted by Gasteiger charge is -2.15. The quantitative estimate of drug-likeness (QED) is 0.720. The van der Waals surface area contributed by atoms with Crippen LogP contribution in [0.3, 0.4) is 0 Å². The molecule has 24 heavy (non-hydrogen) atoms. The molecular formula is C19H21N5. The zero-order chi connectivity index (χ0) is 16.8. The van der Waals surface area contributed by atoms with Crippen molar-refractivity contribution in [2.45, 2.75) is 26.4 Å². The first-order chi connectivity index (χ1) is 11.7. The fourth-order valence-electron chi connectivity index (χ4n) is 2.44. The molecule has 0 amide bonds. The summed E-state index contributed by atoms with van der Waals surface area (Å²) in [4.78, 5) is 13.2. The minimum Gasteiger partial charge on any atom is -0.366 e. The Hall–Kier alpha value is -2.95. The van der Waals surface area contributed by atoms with Crippen LogP contribution in [0.4, 0.5) is 11.8 Å². The Morgan fingerprint density at radius 3 is 2.62 bits per heavy atom. The van der Waals surface area contributed by atoms with Crippen LogP contribution in [-0.2, 0) is 6.54 Å². The summed E-state index contributed by atoms with van der Waals surface area (Å²) in [6.45, 7) is 4.75. The van der Waals surface area contributed by atoms with Crippen LogP contribution >= 0.6 is 0 Å². The predicted molar refractivity (Wildman–Crippen MR) is 96.8 cm³/mol. The van der Waals surface area contributed by atoms with Crippen molar-refractivity contribution in [3.05, 3.63) is 77.7 Å². The summed E-state index contributed by atoms with van der Waals surface area (Å²) in [5.74, 6) is 1.43. The van der Waals surface area contributed by atoms with Crippen LogP contribution in [0.5, 0.6) is 0 Å². The second kappa shape index (κ2) is 7.55. The molecule has 0 bridgehead atoms. The van der Waals surface area contributed by atoms with E-state index in [0.717, 1.165) is 17.1 Å². The number of anilines is 2. The molecule has 1 aromatic carbocycles. The Kier molecular flexibility index (Phi) is 5.01. The standard InChI is InChI=1S/C19H21N5/c1-14-11-18(21-13-16-7-6-10-20-12-16)24-19(22-14)23-15(2)17-8-4-3-5-9-17/h3-12,15H,13H2,1-2H3,(H2,21,22,23,24). The second-order valence-electron chi connectivity index (χ2n) is 5.71. The van der Waals surface area contributed by atoms with Gasteiger partial charge in [0.25, 0.3) is 0 Å². The lowest BCUT2D eigenvalue weighted by Crippen LogP contribution is -2.11. The molecule has 2 heterocycles. The number of hydrogen-bond acceptors (Lipinski definition) is 5. The number of aryl methyl sites for hydroxylation is 1. The molecule has 5 heteroatoms. The topological polar surface area (TPSA) is 62.7 Å².